The van der Waals surface area contributed by atoms with Crippen molar-refractivity contribution in [1.29, 1.82) is 0 Å². The van der Waals surface area contributed by atoms with Crippen molar-refractivity contribution in [3.8, 4) is 40.1 Å². The van der Waals surface area contributed by atoms with E-state index < -0.39 is 0 Å². The van der Waals surface area contributed by atoms with Gasteiger partial charge in [0.2, 0.25) is 0 Å². The number of hydrogen-bond donors (Lipinski definition) is 0. The van der Waals surface area contributed by atoms with Crippen molar-refractivity contribution in [3.05, 3.63) is 225 Å². The van der Waals surface area contributed by atoms with E-state index >= 15 is 0 Å². The van der Waals surface area contributed by atoms with E-state index in [9.17, 15) is 0 Å². The second-order valence-electron chi connectivity index (χ2n) is 15.6. The second-order valence-corrected chi connectivity index (χ2v) is 15.6. The summed E-state index contributed by atoms with van der Waals surface area (Å²) in [4.78, 5) is 5.03. The van der Waals surface area contributed by atoms with Crippen molar-refractivity contribution in [2.75, 3.05) is 0 Å². The molecule has 0 spiro atoms. The zero-order valence-electron chi connectivity index (χ0n) is 34.0. The molecule has 0 fully saturated rings. The van der Waals surface area contributed by atoms with Crippen molar-refractivity contribution in [2.24, 2.45) is 0 Å². The number of imidazole rings is 1. The molecule has 0 saturated heterocycles. The predicted octanol–water partition coefficient (Wildman–Crippen LogP) is 12.6. The first-order valence-corrected chi connectivity index (χ1v) is 21.0. The number of fused-ring (bicyclic) bond motifs is 12. The normalized spacial score (nSPS) is 11.6. The van der Waals surface area contributed by atoms with Gasteiger partial charge >= 0.3 is 0 Å². The average molecular weight is 1000 g/mol. The molecule has 0 bridgehead atoms. The second kappa shape index (κ2) is 15.1. The van der Waals surface area contributed by atoms with E-state index in [2.05, 4.69) is 166 Å². The third kappa shape index (κ3) is 5.78. The van der Waals surface area contributed by atoms with Gasteiger partial charge in [0.25, 0.3) is 6.33 Å². The minimum absolute atomic E-state index is 0. The molecular weight excluding hydrogens is 968 g/mol. The van der Waals surface area contributed by atoms with E-state index in [-0.39, 0.29) is 21.1 Å². The zero-order valence-corrected chi connectivity index (χ0v) is 36.3. The number of para-hydroxylation sites is 5. The van der Waals surface area contributed by atoms with Crippen LogP contribution in [0.4, 0.5) is 0 Å². The Hall–Kier alpha value is -7.99. The minimum Gasteiger partial charge on any atom is -0.510 e. The Morgan fingerprint density at radius 2 is 1.00 bits per heavy atom. The van der Waals surface area contributed by atoms with Crippen LogP contribution in [0.5, 0.6) is 11.5 Å². The van der Waals surface area contributed by atoms with Crippen LogP contribution in [0.2, 0.25) is 0 Å². The number of aromatic nitrogens is 6. The van der Waals surface area contributed by atoms with Gasteiger partial charge in [-0.25, -0.2) is 4.98 Å². The van der Waals surface area contributed by atoms with Gasteiger partial charge in [-0.15, -0.1) is 24.3 Å². The summed E-state index contributed by atoms with van der Waals surface area (Å²) < 4.78 is 17.7. The number of benzene rings is 8. The Morgan fingerprint density at radius 3 is 1.62 bits per heavy atom. The van der Waals surface area contributed by atoms with E-state index in [1.54, 1.807) is 0 Å². The van der Waals surface area contributed by atoms with Crippen molar-refractivity contribution >= 4 is 65.4 Å². The fourth-order valence-electron chi connectivity index (χ4n) is 9.50. The molecular formula is C56H34N6OPt-2. The smallest absolute Gasteiger partial charge is 0.267 e. The first-order chi connectivity index (χ1) is 31.3. The third-order valence-electron chi connectivity index (χ3n) is 12.1. The first kappa shape index (κ1) is 37.7. The number of nitrogens with zero attached hydrogens (tertiary/aromatic N) is 6. The molecule has 8 heteroatoms. The van der Waals surface area contributed by atoms with Crippen LogP contribution in [0.3, 0.4) is 0 Å². The van der Waals surface area contributed by atoms with Crippen LogP contribution in [-0.2, 0) is 21.1 Å². The summed E-state index contributed by atoms with van der Waals surface area (Å²) in [5.41, 5.74) is 10.4. The Kier molecular flexibility index (Phi) is 8.92. The Bertz CT molecular complexity index is 3860. The molecule has 0 radical (unpaired) electrons. The fraction of sp³-hybridized carbons (Fsp3) is 0. The molecule has 13 aromatic rings. The Labute approximate surface area is 382 Å². The number of ether oxygens (including phenoxy) is 1. The summed E-state index contributed by atoms with van der Waals surface area (Å²) in [6.07, 6.45) is 9.22. The standard InChI is InChI=1S/C56H34N6O.Pt/c1-4-17-38(18-5-1)58-33-34-59(37-58)41-23-16-24-42(35-41)63-43-30-31-46-49(36-43)62(50-29-14-15-32-57-50)56-52-45-26-11-13-28-48(45)60(39-19-6-2-7-20-39)54(52)51-44-25-10-12-27-47(44)61(55(51)53(46)56)40-21-8-3-9-22-40;/h1-34H;/q-2;. The van der Waals surface area contributed by atoms with E-state index in [1.807, 2.05) is 82.3 Å². The monoisotopic (exact) mass is 1000 g/mol. The molecule has 5 aromatic heterocycles. The molecule has 8 aromatic carbocycles. The molecule has 0 aliphatic rings. The molecule has 306 valence electrons. The predicted molar refractivity (Wildman–Crippen MR) is 251 cm³/mol. The van der Waals surface area contributed by atoms with Gasteiger partial charge in [0.1, 0.15) is 5.82 Å². The van der Waals surface area contributed by atoms with Gasteiger partial charge in [0.05, 0.1) is 33.3 Å². The van der Waals surface area contributed by atoms with E-state index in [1.165, 1.54) is 10.8 Å². The van der Waals surface area contributed by atoms with Crippen molar-refractivity contribution in [2.45, 2.75) is 0 Å². The van der Waals surface area contributed by atoms with Crippen molar-refractivity contribution in [3.63, 3.8) is 0 Å². The molecule has 0 saturated carbocycles. The molecule has 0 aliphatic heterocycles. The van der Waals surface area contributed by atoms with Crippen molar-refractivity contribution < 1.29 is 30.4 Å². The summed E-state index contributed by atoms with van der Waals surface area (Å²) in [5, 5.41) is 6.80. The molecule has 0 unspecified atom stereocenters. The van der Waals surface area contributed by atoms with Crippen LogP contribution in [0.15, 0.2) is 207 Å². The summed E-state index contributed by atoms with van der Waals surface area (Å²) in [6.45, 7) is 0. The topological polar surface area (TPSA) is 45.7 Å². The Balaban J connectivity index is 0.00000433. The maximum Gasteiger partial charge on any atom is 0.267 e. The molecule has 13 rings (SSSR count). The van der Waals surface area contributed by atoms with Crippen LogP contribution < -0.4 is 9.30 Å². The van der Waals surface area contributed by atoms with Crippen LogP contribution in [0.1, 0.15) is 0 Å². The van der Waals surface area contributed by atoms with E-state index in [4.69, 9.17) is 9.72 Å². The summed E-state index contributed by atoms with van der Waals surface area (Å²) >= 11 is 0. The van der Waals surface area contributed by atoms with E-state index in [0.717, 1.165) is 83.2 Å². The van der Waals surface area contributed by atoms with Crippen LogP contribution >= 0.6 is 0 Å². The molecule has 7 nitrogen and oxygen atoms in total. The largest absolute Gasteiger partial charge is 0.510 e. The van der Waals surface area contributed by atoms with Gasteiger partial charge in [0, 0.05) is 84.1 Å². The fourth-order valence-corrected chi connectivity index (χ4v) is 9.50. The number of pyridine rings is 1. The van der Waals surface area contributed by atoms with Gasteiger partial charge in [0.15, 0.2) is 0 Å². The quantitative estimate of drug-likeness (QED) is 0.118. The molecule has 0 aliphatic carbocycles. The number of hydrogen-bond acceptors (Lipinski definition) is 2. The van der Waals surface area contributed by atoms with Gasteiger partial charge in [-0.3, -0.25) is 4.57 Å². The molecule has 0 atom stereocenters. The minimum atomic E-state index is 0. The van der Waals surface area contributed by atoms with Crippen molar-refractivity contribution in [1.82, 2.24) is 23.3 Å². The van der Waals surface area contributed by atoms with Crippen LogP contribution in [0, 0.1) is 18.5 Å². The SMILES string of the molecule is [Pt].[c-]1c(Oc2[c-]c3c(cc2)c2c(c4c5ccccc5n(-c5ccccc5)c4c4c5ccccc5n(-c5ccccc5)c24)n3-c2ccccn2)cccc1-[n+]1[c-]n(-c2ccccc2)cc1. The third-order valence-corrected chi connectivity index (χ3v) is 12.1. The molecule has 64 heavy (non-hydrogen) atoms. The zero-order chi connectivity index (χ0) is 41.4. The Morgan fingerprint density at radius 1 is 0.453 bits per heavy atom. The number of rotatable bonds is 7. The van der Waals surface area contributed by atoms with Gasteiger partial charge < -0.3 is 23.0 Å². The van der Waals surface area contributed by atoms with Crippen LogP contribution in [0.25, 0.3) is 94.0 Å². The molecule has 0 amide bonds. The maximum absolute atomic E-state index is 6.69. The summed E-state index contributed by atoms with van der Waals surface area (Å²) in [6, 6.07) is 72.6. The van der Waals surface area contributed by atoms with Crippen LogP contribution in [-0.4, -0.2) is 23.3 Å². The first-order valence-electron chi connectivity index (χ1n) is 21.0. The molecule has 0 N–H and O–H groups in total. The average Bonchev–Trinajstić information content (AvgIpc) is 4.13. The summed E-state index contributed by atoms with van der Waals surface area (Å²) in [5.74, 6) is 1.92. The summed E-state index contributed by atoms with van der Waals surface area (Å²) in [7, 11) is 0. The molecule has 5 heterocycles. The maximum atomic E-state index is 6.69. The van der Waals surface area contributed by atoms with E-state index in [0.29, 0.717) is 11.5 Å². The van der Waals surface area contributed by atoms with Gasteiger partial charge in [-0.2, -0.15) is 18.2 Å². The van der Waals surface area contributed by atoms with Gasteiger partial charge in [-0.1, -0.05) is 108 Å². The van der Waals surface area contributed by atoms with Gasteiger partial charge in [-0.05, 0) is 71.7 Å².